The maximum Gasteiger partial charge on any atom is 0.269 e. The molecule has 2 aromatic rings. The van der Waals surface area contributed by atoms with Crippen LogP contribution >= 0.6 is 0 Å². The first-order chi connectivity index (χ1) is 6.25. The lowest BCUT2D eigenvalue weighted by atomic mass is 10.2. The third-order valence-corrected chi connectivity index (χ3v) is 1.61. The zero-order chi connectivity index (χ0) is 9.26. The van der Waals surface area contributed by atoms with Crippen LogP contribution in [0.4, 0.5) is 0 Å². The van der Waals surface area contributed by atoms with Crippen LogP contribution in [0.3, 0.4) is 0 Å². The van der Waals surface area contributed by atoms with Crippen LogP contribution in [0.25, 0.3) is 5.69 Å². The Morgan fingerprint density at radius 1 is 1.46 bits per heavy atom. The molecule has 5 heteroatoms. The van der Waals surface area contributed by atoms with E-state index in [9.17, 15) is 5.11 Å². The molecule has 0 saturated heterocycles. The SMILES string of the molecule is Cc1cccc(-[n+]2noc([O-])n2)c1. The van der Waals surface area contributed by atoms with Crippen molar-refractivity contribution in [1.82, 2.24) is 10.4 Å². The fraction of sp³-hybridized carbons (Fsp3) is 0.125. The first kappa shape index (κ1) is 7.72. The van der Waals surface area contributed by atoms with Crippen LogP contribution in [0.2, 0.25) is 0 Å². The second kappa shape index (κ2) is 2.85. The molecule has 0 aliphatic carbocycles. The Morgan fingerprint density at radius 2 is 2.31 bits per heavy atom. The number of nitrogens with zero attached hydrogens (tertiary/aromatic N) is 3. The molecule has 0 bridgehead atoms. The largest absolute Gasteiger partial charge is 0.523 e. The second-order valence-electron chi connectivity index (χ2n) is 2.67. The molecule has 1 aromatic heterocycles. The van der Waals surface area contributed by atoms with E-state index in [4.69, 9.17) is 0 Å². The zero-order valence-corrected chi connectivity index (χ0v) is 6.97. The van der Waals surface area contributed by atoms with Gasteiger partial charge in [-0.3, -0.25) is 0 Å². The summed E-state index contributed by atoms with van der Waals surface area (Å²) in [5.41, 5.74) is 1.79. The molecule has 0 atom stereocenters. The van der Waals surface area contributed by atoms with Gasteiger partial charge in [0.2, 0.25) is 6.08 Å². The normalized spacial score (nSPS) is 10.2. The molecule has 0 N–H and O–H groups in total. The van der Waals surface area contributed by atoms with Gasteiger partial charge in [0.1, 0.15) is 5.27 Å². The highest BCUT2D eigenvalue weighted by Gasteiger charge is 2.10. The number of rotatable bonds is 1. The molecular formula is C8H7N3O2. The molecule has 0 radical (unpaired) electrons. The van der Waals surface area contributed by atoms with E-state index in [1.54, 1.807) is 6.07 Å². The Bertz CT molecular complexity index is 425. The molecule has 2 rings (SSSR count). The summed E-state index contributed by atoms with van der Waals surface area (Å²) in [4.78, 5) is 1.16. The number of aromatic nitrogens is 3. The van der Waals surface area contributed by atoms with E-state index in [2.05, 4.69) is 14.9 Å². The molecule has 0 amide bonds. The summed E-state index contributed by atoms with van der Waals surface area (Å²) in [6, 6.07) is 7.46. The molecule has 5 nitrogen and oxygen atoms in total. The van der Waals surface area contributed by atoms with Gasteiger partial charge < -0.3 is 9.63 Å². The monoisotopic (exact) mass is 177 g/mol. The predicted molar refractivity (Wildman–Crippen MR) is 40.0 cm³/mol. The maximum atomic E-state index is 10.6. The summed E-state index contributed by atoms with van der Waals surface area (Å²) in [5.74, 6) is 0. The number of benzene rings is 1. The molecule has 0 saturated carbocycles. The van der Waals surface area contributed by atoms with Crippen molar-refractivity contribution in [2.45, 2.75) is 6.92 Å². The topological polar surface area (TPSA) is 65.9 Å². The minimum atomic E-state index is -0.693. The highest BCUT2D eigenvalue weighted by atomic mass is 16.6. The molecule has 0 spiro atoms. The lowest BCUT2D eigenvalue weighted by Gasteiger charge is -1.88. The molecule has 13 heavy (non-hydrogen) atoms. The van der Waals surface area contributed by atoms with Gasteiger partial charge >= 0.3 is 0 Å². The van der Waals surface area contributed by atoms with E-state index in [-0.39, 0.29) is 0 Å². The van der Waals surface area contributed by atoms with Crippen molar-refractivity contribution in [3.05, 3.63) is 29.8 Å². The van der Waals surface area contributed by atoms with Crippen LogP contribution in [0.15, 0.2) is 28.8 Å². The fourth-order valence-corrected chi connectivity index (χ4v) is 1.04. The van der Waals surface area contributed by atoms with Crippen molar-refractivity contribution in [2.75, 3.05) is 0 Å². The van der Waals surface area contributed by atoms with Crippen LogP contribution < -0.4 is 9.90 Å². The van der Waals surface area contributed by atoms with Crippen molar-refractivity contribution in [3.63, 3.8) is 0 Å². The van der Waals surface area contributed by atoms with Crippen LogP contribution in [-0.4, -0.2) is 10.4 Å². The Labute approximate surface area is 74.2 Å². The maximum absolute atomic E-state index is 10.6. The molecule has 1 heterocycles. The number of hydrogen-bond donors (Lipinski definition) is 0. The average Bonchev–Trinajstić information content (AvgIpc) is 2.52. The van der Waals surface area contributed by atoms with Gasteiger partial charge in [-0.2, -0.15) is 0 Å². The third-order valence-electron chi connectivity index (χ3n) is 1.61. The van der Waals surface area contributed by atoms with Crippen LogP contribution in [-0.2, 0) is 0 Å². The van der Waals surface area contributed by atoms with E-state index in [0.717, 1.165) is 10.4 Å². The van der Waals surface area contributed by atoms with Crippen molar-refractivity contribution in [3.8, 4) is 11.8 Å². The summed E-state index contributed by atoms with van der Waals surface area (Å²) >= 11 is 0. The Balaban J connectivity index is 2.46. The molecule has 0 fully saturated rings. The molecule has 0 aliphatic heterocycles. The van der Waals surface area contributed by atoms with Crippen LogP contribution in [0.1, 0.15) is 5.56 Å². The van der Waals surface area contributed by atoms with E-state index in [0.29, 0.717) is 5.69 Å². The molecule has 0 unspecified atom stereocenters. The summed E-state index contributed by atoms with van der Waals surface area (Å²) in [6.07, 6.45) is -0.693. The molecule has 0 aliphatic rings. The van der Waals surface area contributed by atoms with Crippen LogP contribution in [0, 0.1) is 6.92 Å². The number of hydrogen-bond acceptors (Lipinski definition) is 4. The van der Waals surface area contributed by atoms with E-state index in [1.807, 2.05) is 25.1 Å². The minimum absolute atomic E-state index is 0.693. The summed E-state index contributed by atoms with van der Waals surface area (Å²) < 4.78 is 4.31. The van der Waals surface area contributed by atoms with Crippen LogP contribution in [0.5, 0.6) is 6.08 Å². The van der Waals surface area contributed by atoms with Gasteiger partial charge in [-0.15, -0.1) is 0 Å². The Hall–Kier alpha value is -1.91. The molecule has 1 aromatic carbocycles. The lowest BCUT2D eigenvalue weighted by Crippen LogP contribution is -2.35. The first-order valence-corrected chi connectivity index (χ1v) is 3.76. The Morgan fingerprint density at radius 3 is 2.92 bits per heavy atom. The fourth-order valence-electron chi connectivity index (χ4n) is 1.04. The summed E-state index contributed by atoms with van der Waals surface area (Å²) in [5, 5.41) is 17.5. The van der Waals surface area contributed by atoms with Gasteiger partial charge in [0.15, 0.2) is 0 Å². The average molecular weight is 177 g/mol. The minimum Gasteiger partial charge on any atom is -0.523 e. The van der Waals surface area contributed by atoms with Crippen molar-refractivity contribution in [2.24, 2.45) is 0 Å². The number of aryl methyl sites for hydroxylation is 1. The van der Waals surface area contributed by atoms with E-state index < -0.39 is 6.08 Å². The Kier molecular flexibility index (Phi) is 1.70. The second-order valence-corrected chi connectivity index (χ2v) is 2.67. The zero-order valence-electron chi connectivity index (χ0n) is 6.97. The summed E-state index contributed by atoms with van der Waals surface area (Å²) in [7, 11) is 0. The van der Waals surface area contributed by atoms with Gasteiger partial charge in [0.25, 0.3) is 5.69 Å². The van der Waals surface area contributed by atoms with Crippen molar-refractivity contribution < 1.29 is 14.4 Å². The van der Waals surface area contributed by atoms with E-state index >= 15 is 0 Å². The molecular weight excluding hydrogens is 170 g/mol. The lowest BCUT2D eigenvalue weighted by molar-refractivity contribution is -0.726. The van der Waals surface area contributed by atoms with E-state index in [1.165, 1.54) is 0 Å². The van der Waals surface area contributed by atoms with Crippen molar-refractivity contribution >= 4 is 0 Å². The molecule has 66 valence electrons. The summed E-state index contributed by atoms with van der Waals surface area (Å²) in [6.45, 7) is 1.95. The van der Waals surface area contributed by atoms with Gasteiger partial charge in [-0.05, 0) is 12.5 Å². The van der Waals surface area contributed by atoms with Gasteiger partial charge in [0, 0.05) is 12.1 Å². The highest BCUT2D eigenvalue weighted by molar-refractivity contribution is 5.26. The first-order valence-electron chi connectivity index (χ1n) is 3.76. The van der Waals surface area contributed by atoms with Gasteiger partial charge in [-0.1, -0.05) is 12.1 Å². The standard InChI is InChI=1S/C8H7N3O2/c1-6-3-2-4-7(5-6)11-9-8(12)13-10-11/h2-5H,1H3. The van der Waals surface area contributed by atoms with Gasteiger partial charge in [0.05, 0.1) is 9.90 Å². The highest BCUT2D eigenvalue weighted by Crippen LogP contribution is 2.02. The predicted octanol–water partition coefficient (Wildman–Crippen LogP) is -0.272. The third kappa shape index (κ3) is 1.48. The van der Waals surface area contributed by atoms with Crippen molar-refractivity contribution in [1.29, 1.82) is 0 Å². The van der Waals surface area contributed by atoms with Gasteiger partial charge in [-0.25, -0.2) is 0 Å². The quantitative estimate of drug-likeness (QED) is 0.562. The smallest absolute Gasteiger partial charge is 0.269 e.